The van der Waals surface area contributed by atoms with Gasteiger partial charge in [0.1, 0.15) is 6.10 Å². The number of hydrogen-bond acceptors (Lipinski definition) is 4. The van der Waals surface area contributed by atoms with Crippen molar-refractivity contribution >= 4 is 29.9 Å². The molecule has 1 aromatic carbocycles. The Morgan fingerprint density at radius 2 is 2.24 bits per heavy atom. The van der Waals surface area contributed by atoms with Crippen LogP contribution in [0.1, 0.15) is 36.5 Å². The fourth-order valence-corrected chi connectivity index (χ4v) is 3.28. The zero-order valence-corrected chi connectivity index (χ0v) is 15.3. The van der Waals surface area contributed by atoms with Crippen LogP contribution in [0.3, 0.4) is 0 Å². The number of hydrogen-bond donors (Lipinski definition) is 2. The third-order valence-corrected chi connectivity index (χ3v) is 4.94. The molecule has 0 radical (unpaired) electrons. The highest BCUT2D eigenvalue weighted by Crippen LogP contribution is 2.29. The van der Waals surface area contributed by atoms with Crippen molar-refractivity contribution in [2.24, 2.45) is 11.1 Å². The van der Waals surface area contributed by atoms with Crippen molar-refractivity contribution < 1.29 is 14.3 Å². The van der Waals surface area contributed by atoms with E-state index in [2.05, 4.69) is 12.2 Å². The van der Waals surface area contributed by atoms with Crippen LogP contribution in [0.4, 0.5) is 5.69 Å². The molecule has 2 heterocycles. The maximum Gasteiger partial charge on any atom is 0.253 e. The number of anilines is 1. The number of halogens is 1. The van der Waals surface area contributed by atoms with E-state index in [0.717, 1.165) is 25.8 Å². The summed E-state index contributed by atoms with van der Waals surface area (Å²) in [4.78, 5) is 26.7. The van der Waals surface area contributed by atoms with Gasteiger partial charge >= 0.3 is 0 Å². The number of ether oxygens (including phenoxy) is 1. The van der Waals surface area contributed by atoms with Crippen LogP contribution in [0, 0.1) is 5.41 Å². The predicted octanol–water partition coefficient (Wildman–Crippen LogP) is 2.04. The number of carbonyl (C=O) groups is 2. The molecular weight excluding hydrogens is 342 g/mol. The molecule has 3 rings (SSSR count). The summed E-state index contributed by atoms with van der Waals surface area (Å²) in [6.07, 6.45) is 2.19. The van der Waals surface area contributed by atoms with Gasteiger partial charge in [0.15, 0.2) is 0 Å². The first-order valence-electron chi connectivity index (χ1n) is 8.53. The smallest absolute Gasteiger partial charge is 0.253 e. The first-order valence-corrected chi connectivity index (χ1v) is 8.53. The summed E-state index contributed by atoms with van der Waals surface area (Å²) in [6, 6.07) is 7.09. The summed E-state index contributed by atoms with van der Waals surface area (Å²) in [6.45, 7) is 4.71. The van der Waals surface area contributed by atoms with Crippen molar-refractivity contribution in [1.29, 1.82) is 0 Å². The standard InChI is InChI=1S/C18H25N3O3.ClH/c1-18(11-19)7-8-21(12-18)17(23)13-4-2-5-14(10-13)20-16(22)15-6-3-9-24-15;/h2,4-5,10,15H,3,6-9,11-12,19H2,1H3,(H,20,22);1H. The minimum atomic E-state index is -0.381. The Morgan fingerprint density at radius 3 is 2.88 bits per heavy atom. The molecule has 1 aromatic rings. The predicted molar refractivity (Wildman–Crippen MR) is 99.0 cm³/mol. The Bertz CT molecular complexity index is 634. The number of benzene rings is 1. The molecule has 2 aliphatic rings. The van der Waals surface area contributed by atoms with Gasteiger partial charge in [-0.25, -0.2) is 0 Å². The Labute approximate surface area is 154 Å². The van der Waals surface area contributed by atoms with E-state index in [0.29, 0.717) is 30.9 Å². The Kier molecular flexibility index (Phi) is 6.43. The molecule has 0 spiro atoms. The van der Waals surface area contributed by atoms with Gasteiger partial charge in [0, 0.05) is 30.9 Å². The zero-order valence-electron chi connectivity index (χ0n) is 14.5. The van der Waals surface area contributed by atoms with E-state index in [1.807, 2.05) is 4.90 Å². The minimum absolute atomic E-state index is 0. The average Bonchev–Trinajstić information content (AvgIpc) is 3.25. The Hall–Kier alpha value is -1.63. The maximum absolute atomic E-state index is 12.7. The number of rotatable bonds is 4. The van der Waals surface area contributed by atoms with E-state index in [4.69, 9.17) is 10.5 Å². The zero-order chi connectivity index (χ0) is 17.2. The van der Waals surface area contributed by atoms with E-state index in [1.54, 1.807) is 24.3 Å². The van der Waals surface area contributed by atoms with Crippen molar-refractivity contribution in [3.8, 4) is 0 Å². The van der Waals surface area contributed by atoms with E-state index >= 15 is 0 Å². The molecule has 2 unspecified atom stereocenters. The second-order valence-electron chi connectivity index (χ2n) is 7.06. The van der Waals surface area contributed by atoms with Gasteiger partial charge in [-0.1, -0.05) is 13.0 Å². The van der Waals surface area contributed by atoms with Gasteiger partial charge in [0.25, 0.3) is 11.8 Å². The summed E-state index contributed by atoms with van der Waals surface area (Å²) in [5, 5.41) is 2.84. The molecule has 2 saturated heterocycles. The Morgan fingerprint density at radius 1 is 1.44 bits per heavy atom. The van der Waals surface area contributed by atoms with Crippen LogP contribution >= 0.6 is 12.4 Å². The summed E-state index contributed by atoms with van der Waals surface area (Å²) in [5.74, 6) is -0.158. The highest BCUT2D eigenvalue weighted by molar-refractivity contribution is 5.98. The number of nitrogens with two attached hydrogens (primary N) is 1. The van der Waals surface area contributed by atoms with Crippen LogP contribution in [0.2, 0.25) is 0 Å². The van der Waals surface area contributed by atoms with Crippen LogP contribution in [0.25, 0.3) is 0 Å². The topological polar surface area (TPSA) is 84.7 Å². The molecule has 2 atom stereocenters. The van der Waals surface area contributed by atoms with Gasteiger partial charge in [-0.05, 0) is 49.4 Å². The normalized spacial score (nSPS) is 25.5. The van der Waals surface area contributed by atoms with E-state index in [1.165, 1.54) is 0 Å². The van der Waals surface area contributed by atoms with Gasteiger partial charge in [0.2, 0.25) is 0 Å². The van der Waals surface area contributed by atoms with Gasteiger partial charge in [-0.15, -0.1) is 12.4 Å². The van der Waals surface area contributed by atoms with Gasteiger partial charge in [0.05, 0.1) is 0 Å². The molecule has 0 bridgehead atoms. The first-order chi connectivity index (χ1) is 11.5. The van der Waals surface area contributed by atoms with Gasteiger partial charge < -0.3 is 20.7 Å². The summed E-state index contributed by atoms with van der Waals surface area (Å²) < 4.78 is 5.38. The average molecular weight is 368 g/mol. The largest absolute Gasteiger partial charge is 0.368 e. The fourth-order valence-electron chi connectivity index (χ4n) is 3.28. The first kappa shape index (κ1) is 19.7. The van der Waals surface area contributed by atoms with E-state index < -0.39 is 0 Å². The second-order valence-corrected chi connectivity index (χ2v) is 7.06. The van der Waals surface area contributed by atoms with Crippen LogP contribution < -0.4 is 11.1 Å². The number of carbonyl (C=O) groups excluding carboxylic acids is 2. The number of nitrogens with zero attached hydrogens (tertiary/aromatic N) is 1. The molecule has 3 N–H and O–H groups in total. The SMILES string of the molecule is CC1(CN)CCN(C(=O)c2cccc(NC(=O)C3CCCO3)c2)C1.Cl. The van der Waals surface area contributed by atoms with E-state index in [9.17, 15) is 9.59 Å². The highest BCUT2D eigenvalue weighted by Gasteiger charge is 2.35. The molecular formula is C18H26ClN3O3. The summed E-state index contributed by atoms with van der Waals surface area (Å²) >= 11 is 0. The molecule has 7 heteroatoms. The third kappa shape index (κ3) is 4.51. The lowest BCUT2D eigenvalue weighted by Crippen LogP contribution is -2.34. The maximum atomic E-state index is 12.7. The van der Waals surface area contributed by atoms with Gasteiger partial charge in [-0.3, -0.25) is 9.59 Å². The lowest BCUT2D eigenvalue weighted by atomic mass is 9.90. The number of amides is 2. The van der Waals surface area contributed by atoms with E-state index in [-0.39, 0.29) is 35.7 Å². The highest BCUT2D eigenvalue weighted by atomic mass is 35.5. The van der Waals surface area contributed by atoms with Crippen molar-refractivity contribution in [3.63, 3.8) is 0 Å². The van der Waals surface area contributed by atoms with Crippen molar-refractivity contribution in [2.45, 2.75) is 32.3 Å². The fraction of sp³-hybridized carbons (Fsp3) is 0.556. The molecule has 2 fully saturated rings. The monoisotopic (exact) mass is 367 g/mol. The van der Waals surface area contributed by atoms with Crippen molar-refractivity contribution in [2.75, 3.05) is 31.6 Å². The van der Waals surface area contributed by atoms with Crippen molar-refractivity contribution in [3.05, 3.63) is 29.8 Å². The lowest BCUT2D eigenvalue weighted by Gasteiger charge is -2.22. The molecule has 0 aliphatic carbocycles. The second kappa shape index (κ2) is 8.17. The van der Waals surface area contributed by atoms with Gasteiger partial charge in [-0.2, -0.15) is 0 Å². The lowest BCUT2D eigenvalue weighted by molar-refractivity contribution is -0.124. The quantitative estimate of drug-likeness (QED) is 0.852. The molecule has 6 nitrogen and oxygen atoms in total. The molecule has 2 aliphatic heterocycles. The molecule has 2 amide bonds. The minimum Gasteiger partial charge on any atom is -0.368 e. The van der Waals surface area contributed by atoms with Crippen LogP contribution in [-0.2, 0) is 9.53 Å². The van der Waals surface area contributed by atoms with Crippen LogP contribution in [0.15, 0.2) is 24.3 Å². The molecule has 0 saturated carbocycles. The van der Waals surface area contributed by atoms with Crippen LogP contribution in [-0.4, -0.2) is 49.1 Å². The van der Waals surface area contributed by atoms with Crippen LogP contribution in [0.5, 0.6) is 0 Å². The molecule has 25 heavy (non-hydrogen) atoms. The Balaban J connectivity index is 0.00000225. The van der Waals surface area contributed by atoms with Crippen molar-refractivity contribution in [1.82, 2.24) is 4.90 Å². The summed E-state index contributed by atoms with van der Waals surface area (Å²) in [5.41, 5.74) is 7.02. The summed E-state index contributed by atoms with van der Waals surface area (Å²) in [7, 11) is 0. The number of likely N-dealkylation sites (tertiary alicyclic amines) is 1. The number of nitrogens with one attached hydrogen (secondary N) is 1. The third-order valence-electron chi connectivity index (χ3n) is 4.94. The molecule has 0 aromatic heterocycles. The molecule has 138 valence electrons.